The second-order valence-corrected chi connectivity index (χ2v) is 3.82. The summed E-state index contributed by atoms with van der Waals surface area (Å²) in [6.45, 7) is 7.07. The molecule has 3 unspecified atom stereocenters. The van der Waals surface area contributed by atoms with Gasteiger partial charge in [0.15, 0.2) is 0 Å². The summed E-state index contributed by atoms with van der Waals surface area (Å²) < 4.78 is 5.56. The fraction of sp³-hybridized carbons (Fsp3) is 0.700. The van der Waals surface area contributed by atoms with Gasteiger partial charge in [0.1, 0.15) is 6.04 Å². The van der Waals surface area contributed by atoms with Gasteiger partial charge in [-0.2, -0.15) is 0 Å². The van der Waals surface area contributed by atoms with Gasteiger partial charge in [-0.25, -0.2) is 0 Å². The molecule has 2 aliphatic heterocycles. The van der Waals surface area contributed by atoms with Crippen molar-refractivity contribution in [1.82, 2.24) is 10.2 Å². The summed E-state index contributed by atoms with van der Waals surface area (Å²) in [6.07, 6.45) is 2.86. The van der Waals surface area contributed by atoms with E-state index >= 15 is 0 Å². The lowest BCUT2D eigenvalue weighted by Crippen LogP contribution is -2.43. The van der Waals surface area contributed by atoms with Gasteiger partial charge < -0.3 is 15.0 Å². The zero-order chi connectivity index (χ0) is 10.1. The number of carbonyl (C=O) groups excluding carboxylic acids is 1. The SMILES string of the molecule is C=CN1C(C)C(=O)NCC2OCCC21. The van der Waals surface area contributed by atoms with Crippen molar-refractivity contribution in [2.75, 3.05) is 13.2 Å². The maximum atomic E-state index is 11.6. The molecule has 0 aromatic rings. The van der Waals surface area contributed by atoms with Gasteiger partial charge in [0, 0.05) is 13.2 Å². The lowest BCUT2D eigenvalue weighted by atomic mass is 10.1. The maximum Gasteiger partial charge on any atom is 0.242 e. The first kappa shape index (κ1) is 9.52. The van der Waals surface area contributed by atoms with E-state index in [1.165, 1.54) is 0 Å². The molecule has 0 saturated carbocycles. The first-order valence-electron chi connectivity index (χ1n) is 5.03. The minimum absolute atomic E-state index is 0.0582. The van der Waals surface area contributed by atoms with Crippen molar-refractivity contribution in [3.05, 3.63) is 12.8 Å². The Hall–Kier alpha value is -1.03. The summed E-state index contributed by atoms with van der Waals surface area (Å²) in [6, 6.07) is 0.172. The molecule has 2 saturated heterocycles. The fourth-order valence-electron chi connectivity index (χ4n) is 2.24. The van der Waals surface area contributed by atoms with Gasteiger partial charge in [-0.1, -0.05) is 6.58 Å². The lowest BCUT2D eigenvalue weighted by molar-refractivity contribution is -0.124. The number of amides is 1. The van der Waals surface area contributed by atoms with Crippen molar-refractivity contribution in [2.24, 2.45) is 0 Å². The predicted molar refractivity (Wildman–Crippen MR) is 52.7 cm³/mol. The van der Waals surface area contributed by atoms with Crippen LogP contribution < -0.4 is 5.32 Å². The summed E-state index contributed by atoms with van der Waals surface area (Å²) >= 11 is 0. The highest BCUT2D eigenvalue weighted by molar-refractivity contribution is 5.81. The van der Waals surface area contributed by atoms with Crippen molar-refractivity contribution >= 4 is 5.91 Å². The molecule has 2 rings (SSSR count). The van der Waals surface area contributed by atoms with E-state index in [1.807, 2.05) is 11.8 Å². The Balaban J connectivity index is 2.22. The number of nitrogens with one attached hydrogen (secondary N) is 1. The first-order valence-corrected chi connectivity index (χ1v) is 5.03. The summed E-state index contributed by atoms with van der Waals surface area (Å²) in [5, 5.41) is 2.88. The average molecular weight is 196 g/mol. The summed E-state index contributed by atoms with van der Waals surface area (Å²) in [7, 11) is 0. The molecule has 0 spiro atoms. The van der Waals surface area contributed by atoms with E-state index in [4.69, 9.17) is 4.74 Å². The second-order valence-electron chi connectivity index (χ2n) is 3.82. The molecular weight excluding hydrogens is 180 g/mol. The van der Waals surface area contributed by atoms with Gasteiger partial charge in [-0.15, -0.1) is 0 Å². The molecule has 3 atom stereocenters. The van der Waals surface area contributed by atoms with E-state index in [0.29, 0.717) is 12.6 Å². The Morgan fingerprint density at radius 1 is 1.71 bits per heavy atom. The van der Waals surface area contributed by atoms with Crippen LogP contribution >= 0.6 is 0 Å². The molecular formula is C10H16N2O2. The molecule has 4 nitrogen and oxygen atoms in total. The van der Waals surface area contributed by atoms with Crippen molar-refractivity contribution in [3.8, 4) is 0 Å². The third-order valence-corrected chi connectivity index (χ3v) is 3.07. The molecule has 0 aromatic carbocycles. The van der Waals surface area contributed by atoms with E-state index in [1.54, 1.807) is 6.20 Å². The zero-order valence-corrected chi connectivity index (χ0v) is 8.40. The van der Waals surface area contributed by atoms with Crippen molar-refractivity contribution in [2.45, 2.75) is 31.5 Å². The molecule has 0 aromatic heterocycles. The number of hydrogen-bond acceptors (Lipinski definition) is 3. The molecule has 78 valence electrons. The largest absolute Gasteiger partial charge is 0.374 e. The fourth-order valence-corrected chi connectivity index (χ4v) is 2.24. The molecule has 2 fully saturated rings. The summed E-state index contributed by atoms with van der Waals surface area (Å²) in [5.74, 6) is 0.0582. The quantitative estimate of drug-likeness (QED) is 0.647. The van der Waals surface area contributed by atoms with Crippen molar-refractivity contribution in [1.29, 1.82) is 0 Å². The molecule has 0 aliphatic carbocycles. The third-order valence-electron chi connectivity index (χ3n) is 3.07. The summed E-state index contributed by atoms with van der Waals surface area (Å²) in [4.78, 5) is 13.6. The highest BCUT2D eigenvalue weighted by Crippen LogP contribution is 2.23. The normalized spacial score (nSPS) is 37.4. The minimum atomic E-state index is -0.135. The highest BCUT2D eigenvalue weighted by atomic mass is 16.5. The van der Waals surface area contributed by atoms with E-state index in [9.17, 15) is 4.79 Å². The first-order chi connectivity index (χ1) is 6.74. The van der Waals surface area contributed by atoms with Crippen LogP contribution in [-0.2, 0) is 9.53 Å². The topological polar surface area (TPSA) is 41.6 Å². The molecule has 14 heavy (non-hydrogen) atoms. The Morgan fingerprint density at radius 3 is 3.21 bits per heavy atom. The Morgan fingerprint density at radius 2 is 2.50 bits per heavy atom. The van der Waals surface area contributed by atoms with Gasteiger partial charge in [-0.05, 0) is 19.5 Å². The molecule has 2 heterocycles. The predicted octanol–water partition coefficient (Wildman–Crippen LogP) is 0.108. The average Bonchev–Trinajstić information content (AvgIpc) is 2.59. The van der Waals surface area contributed by atoms with Crippen LogP contribution in [0.4, 0.5) is 0 Å². The van der Waals surface area contributed by atoms with Crippen LogP contribution in [0.1, 0.15) is 13.3 Å². The number of carbonyl (C=O) groups is 1. The molecule has 0 bridgehead atoms. The molecule has 1 amide bonds. The number of ether oxygens (including phenoxy) is 1. The number of fused-ring (bicyclic) bond motifs is 1. The third kappa shape index (κ3) is 1.39. The van der Waals surface area contributed by atoms with Crippen molar-refractivity contribution in [3.63, 3.8) is 0 Å². The van der Waals surface area contributed by atoms with Crippen LogP contribution in [0.15, 0.2) is 12.8 Å². The lowest BCUT2D eigenvalue weighted by Gasteiger charge is -2.30. The van der Waals surface area contributed by atoms with Crippen LogP contribution in [-0.4, -0.2) is 42.1 Å². The molecule has 2 aliphatic rings. The van der Waals surface area contributed by atoms with Gasteiger partial charge in [0.05, 0.1) is 12.1 Å². The highest BCUT2D eigenvalue weighted by Gasteiger charge is 2.38. The molecule has 1 N–H and O–H groups in total. The monoisotopic (exact) mass is 196 g/mol. The smallest absolute Gasteiger partial charge is 0.242 e. The van der Waals surface area contributed by atoms with E-state index in [0.717, 1.165) is 13.0 Å². The second kappa shape index (κ2) is 3.61. The van der Waals surface area contributed by atoms with E-state index in [2.05, 4.69) is 11.9 Å². The zero-order valence-electron chi connectivity index (χ0n) is 8.40. The number of nitrogens with zero attached hydrogens (tertiary/aromatic N) is 1. The van der Waals surface area contributed by atoms with Crippen molar-refractivity contribution < 1.29 is 9.53 Å². The van der Waals surface area contributed by atoms with E-state index in [-0.39, 0.29) is 18.1 Å². The molecule has 4 heteroatoms. The van der Waals surface area contributed by atoms with Crippen LogP contribution in [0, 0.1) is 0 Å². The maximum absolute atomic E-state index is 11.6. The van der Waals surface area contributed by atoms with E-state index < -0.39 is 0 Å². The van der Waals surface area contributed by atoms with Crippen LogP contribution in [0.25, 0.3) is 0 Å². The number of rotatable bonds is 1. The summed E-state index contributed by atoms with van der Waals surface area (Å²) in [5.41, 5.74) is 0. The minimum Gasteiger partial charge on any atom is -0.374 e. The van der Waals surface area contributed by atoms with Crippen LogP contribution in [0.5, 0.6) is 0 Å². The Labute approximate surface area is 83.9 Å². The van der Waals surface area contributed by atoms with Gasteiger partial charge in [0.2, 0.25) is 5.91 Å². The Kier molecular flexibility index (Phi) is 2.46. The van der Waals surface area contributed by atoms with Crippen LogP contribution in [0.3, 0.4) is 0 Å². The van der Waals surface area contributed by atoms with Gasteiger partial charge in [-0.3, -0.25) is 4.79 Å². The van der Waals surface area contributed by atoms with Gasteiger partial charge >= 0.3 is 0 Å². The van der Waals surface area contributed by atoms with Crippen LogP contribution in [0.2, 0.25) is 0 Å². The molecule has 0 radical (unpaired) electrons. The Bertz CT molecular complexity index is 255. The van der Waals surface area contributed by atoms with Gasteiger partial charge in [0.25, 0.3) is 0 Å². The number of hydrogen-bond donors (Lipinski definition) is 1. The standard InChI is InChI=1S/C10H16N2O2/c1-3-12-7(2)10(13)11-6-9-8(12)4-5-14-9/h3,7-9H,1,4-6H2,2H3,(H,11,13).